The van der Waals surface area contributed by atoms with Gasteiger partial charge >= 0.3 is 0 Å². The zero-order valence-corrected chi connectivity index (χ0v) is 19.8. The maximum atomic E-state index is 15.6. The summed E-state index contributed by atoms with van der Waals surface area (Å²) in [4.78, 5) is 16.0. The maximum Gasteiger partial charge on any atom is 0.202 e. The van der Waals surface area contributed by atoms with Crippen LogP contribution < -0.4 is 20.4 Å². The summed E-state index contributed by atoms with van der Waals surface area (Å²) in [6.45, 7) is 6.51. The van der Waals surface area contributed by atoms with Gasteiger partial charge in [0.2, 0.25) is 5.43 Å². The average Bonchev–Trinajstić information content (AvgIpc) is 3.41. The van der Waals surface area contributed by atoms with E-state index < -0.39 is 11.2 Å². The van der Waals surface area contributed by atoms with E-state index in [1.54, 1.807) is 0 Å². The second kappa shape index (κ2) is 8.19. The Hall–Kier alpha value is -2.83. The molecular formula is C24H27FN4O3S. The van der Waals surface area contributed by atoms with Gasteiger partial charge in [-0.2, -0.15) is 5.26 Å². The summed E-state index contributed by atoms with van der Waals surface area (Å²) in [7, 11) is 1.51. The molecule has 0 radical (unpaired) electrons. The lowest BCUT2D eigenvalue weighted by Crippen LogP contribution is -2.35. The van der Waals surface area contributed by atoms with Crippen molar-refractivity contribution in [3.63, 3.8) is 0 Å². The molecule has 2 atom stereocenters. The Balaban J connectivity index is 1.76. The van der Waals surface area contributed by atoms with Crippen molar-refractivity contribution in [1.82, 2.24) is 9.88 Å². The van der Waals surface area contributed by atoms with Gasteiger partial charge in [-0.1, -0.05) is 6.92 Å². The maximum absolute atomic E-state index is 15.6. The number of aromatic hydroxyl groups is 1. The van der Waals surface area contributed by atoms with Crippen molar-refractivity contribution in [2.45, 2.75) is 45.2 Å². The lowest BCUT2D eigenvalue weighted by molar-refractivity contribution is 0.406. The van der Waals surface area contributed by atoms with Gasteiger partial charge in [0.15, 0.2) is 17.3 Å². The largest absolute Gasteiger partial charge is 0.505 e. The number of nitrogens with zero attached hydrogens (tertiary/aromatic N) is 3. The Morgan fingerprint density at radius 2 is 2.18 bits per heavy atom. The molecule has 1 aliphatic carbocycles. The van der Waals surface area contributed by atoms with Gasteiger partial charge in [0.25, 0.3) is 0 Å². The summed E-state index contributed by atoms with van der Waals surface area (Å²) in [5.74, 6) is -0.100. The Morgan fingerprint density at radius 3 is 2.82 bits per heavy atom. The van der Waals surface area contributed by atoms with Crippen LogP contribution in [0.2, 0.25) is 0 Å². The van der Waals surface area contributed by atoms with Crippen LogP contribution in [0.15, 0.2) is 10.9 Å². The molecule has 1 aliphatic heterocycles. The number of methoxy groups -OCH3 is 1. The molecule has 174 valence electrons. The minimum atomic E-state index is -0.509. The number of rotatable bonds is 6. The number of pyridine rings is 1. The van der Waals surface area contributed by atoms with E-state index in [9.17, 15) is 15.2 Å². The summed E-state index contributed by atoms with van der Waals surface area (Å²) >= 11 is 1.10. The first-order valence-corrected chi connectivity index (χ1v) is 12.2. The first-order chi connectivity index (χ1) is 15.9. The Kier molecular flexibility index (Phi) is 5.46. The molecule has 3 heterocycles. The normalized spacial score (nSPS) is 19.4. The molecule has 0 bridgehead atoms. The predicted octanol–water partition coefficient (Wildman–Crippen LogP) is 4.10. The molecule has 2 N–H and O–H groups in total. The Labute approximate surface area is 195 Å². The van der Waals surface area contributed by atoms with Crippen LogP contribution in [0.3, 0.4) is 0 Å². The third kappa shape index (κ3) is 3.35. The number of hydrogen-bond acceptors (Lipinski definition) is 7. The van der Waals surface area contributed by atoms with Crippen LogP contribution in [-0.4, -0.2) is 42.5 Å². The van der Waals surface area contributed by atoms with Crippen LogP contribution in [0.1, 0.15) is 44.0 Å². The molecule has 2 fully saturated rings. The molecule has 1 aromatic carbocycles. The molecule has 7 nitrogen and oxygen atoms in total. The minimum absolute atomic E-state index is 0.0888. The average molecular weight is 471 g/mol. The summed E-state index contributed by atoms with van der Waals surface area (Å²) in [5, 5.41) is 23.7. The van der Waals surface area contributed by atoms with Gasteiger partial charge in [0, 0.05) is 25.2 Å². The van der Waals surface area contributed by atoms with E-state index in [0.29, 0.717) is 46.8 Å². The highest BCUT2D eigenvalue weighted by molar-refractivity contribution is 7.19. The molecule has 0 unspecified atom stereocenters. The number of aromatic nitrogens is 1. The number of ether oxygens (including phenoxy) is 1. The van der Waals surface area contributed by atoms with Crippen molar-refractivity contribution in [1.29, 1.82) is 5.26 Å². The topological polar surface area (TPSA) is 90.5 Å². The van der Waals surface area contributed by atoms with Crippen molar-refractivity contribution in [3.05, 3.63) is 27.0 Å². The quantitative estimate of drug-likeness (QED) is 0.564. The number of anilines is 1. The number of hydrogen-bond donors (Lipinski definition) is 2. The molecule has 2 aliphatic rings. The number of fused-ring (bicyclic) bond motifs is 2. The van der Waals surface area contributed by atoms with Gasteiger partial charge in [-0.15, -0.1) is 11.3 Å². The molecule has 3 aromatic rings. The molecule has 0 amide bonds. The van der Waals surface area contributed by atoms with Gasteiger partial charge in [-0.25, -0.2) is 4.39 Å². The van der Waals surface area contributed by atoms with Crippen LogP contribution in [-0.2, 0) is 0 Å². The van der Waals surface area contributed by atoms with Gasteiger partial charge in [0.1, 0.15) is 26.9 Å². The monoisotopic (exact) mass is 470 g/mol. The highest BCUT2D eigenvalue weighted by atomic mass is 32.1. The fourth-order valence-corrected chi connectivity index (χ4v) is 6.24. The fraction of sp³-hybridized carbons (Fsp3) is 0.500. The molecule has 0 spiro atoms. The fourth-order valence-electron chi connectivity index (χ4n) is 5.17. The van der Waals surface area contributed by atoms with E-state index >= 15 is 4.39 Å². The van der Waals surface area contributed by atoms with Gasteiger partial charge in [-0.05, 0) is 44.7 Å². The van der Waals surface area contributed by atoms with Crippen molar-refractivity contribution >= 4 is 38.1 Å². The van der Waals surface area contributed by atoms with E-state index in [1.807, 2.05) is 15.5 Å². The summed E-state index contributed by atoms with van der Waals surface area (Å²) < 4.78 is 23.4. The third-order valence-corrected chi connectivity index (χ3v) is 8.05. The SMILES string of the molecule is CCN[C@H](C)[C@H]1CCN(c2c(F)cc3c(=O)c4c(O)c(C#N)sc4n(C4CC4)c3c2OC)C1. The predicted molar refractivity (Wildman–Crippen MR) is 128 cm³/mol. The van der Waals surface area contributed by atoms with Crippen molar-refractivity contribution in [2.24, 2.45) is 5.92 Å². The molecule has 2 aromatic heterocycles. The molecule has 33 heavy (non-hydrogen) atoms. The third-order valence-electron chi connectivity index (χ3n) is 6.97. The number of nitriles is 1. The Bertz CT molecular complexity index is 1350. The first kappa shape index (κ1) is 22.0. The van der Waals surface area contributed by atoms with E-state index in [-0.39, 0.29) is 27.4 Å². The van der Waals surface area contributed by atoms with Crippen molar-refractivity contribution in [2.75, 3.05) is 31.6 Å². The van der Waals surface area contributed by atoms with Crippen LogP contribution in [0.5, 0.6) is 11.5 Å². The first-order valence-electron chi connectivity index (χ1n) is 11.4. The molecule has 1 saturated carbocycles. The molecule has 5 rings (SSSR count). The number of thiophene rings is 1. The van der Waals surface area contributed by atoms with Gasteiger partial charge in [0.05, 0.1) is 18.0 Å². The van der Waals surface area contributed by atoms with Crippen LogP contribution in [0.25, 0.3) is 21.1 Å². The van der Waals surface area contributed by atoms with Crippen molar-refractivity contribution < 1.29 is 14.2 Å². The van der Waals surface area contributed by atoms with E-state index in [4.69, 9.17) is 4.74 Å². The number of halogens is 1. The van der Waals surface area contributed by atoms with Crippen LogP contribution in [0, 0.1) is 23.1 Å². The number of benzene rings is 1. The molecule has 1 saturated heterocycles. The summed E-state index contributed by atoms with van der Waals surface area (Å²) in [6.07, 6.45) is 2.76. The highest BCUT2D eigenvalue weighted by Crippen LogP contribution is 2.48. The van der Waals surface area contributed by atoms with Crippen LogP contribution >= 0.6 is 11.3 Å². The van der Waals surface area contributed by atoms with Gasteiger partial charge < -0.3 is 24.6 Å². The minimum Gasteiger partial charge on any atom is -0.505 e. The summed E-state index contributed by atoms with van der Waals surface area (Å²) in [6, 6.07) is 3.68. The van der Waals surface area contributed by atoms with E-state index in [1.165, 1.54) is 13.2 Å². The lowest BCUT2D eigenvalue weighted by Gasteiger charge is -2.26. The zero-order valence-electron chi connectivity index (χ0n) is 18.9. The Morgan fingerprint density at radius 1 is 1.42 bits per heavy atom. The smallest absolute Gasteiger partial charge is 0.202 e. The van der Waals surface area contributed by atoms with Crippen LogP contribution in [0.4, 0.5) is 10.1 Å². The standard InChI is InChI=1S/C24H27FN4O3S/c1-4-27-12(2)13-7-8-28(11-13)20-16(25)9-15-19(23(20)32-3)29(14-5-6-14)24-18(21(15)30)22(31)17(10-26)33-24/h9,12-14,27,31H,4-8,11H2,1-3H3/t12-,13+/m1/s1. The van der Waals surface area contributed by atoms with Gasteiger partial charge in [-0.3, -0.25) is 4.79 Å². The highest BCUT2D eigenvalue weighted by Gasteiger charge is 2.35. The molecule has 9 heteroatoms. The lowest BCUT2D eigenvalue weighted by atomic mass is 10.0. The van der Waals surface area contributed by atoms with Crippen molar-refractivity contribution in [3.8, 4) is 17.6 Å². The second-order valence-corrected chi connectivity index (χ2v) is 9.98. The van der Waals surface area contributed by atoms with E-state index in [2.05, 4.69) is 19.2 Å². The van der Waals surface area contributed by atoms with E-state index in [0.717, 1.165) is 37.1 Å². The number of nitrogens with one attached hydrogen (secondary N) is 1. The summed E-state index contributed by atoms with van der Waals surface area (Å²) in [5.41, 5.74) is 0.449. The zero-order chi connectivity index (χ0) is 23.4. The molecular weight excluding hydrogens is 443 g/mol. The second-order valence-electron chi connectivity index (χ2n) is 8.98.